The van der Waals surface area contributed by atoms with Crippen molar-refractivity contribution in [2.45, 2.75) is 39.7 Å². The molecule has 32 heavy (non-hydrogen) atoms. The highest BCUT2D eigenvalue weighted by molar-refractivity contribution is 6.37. The Kier molecular flexibility index (Phi) is 7.82. The number of aromatic nitrogens is 3. The first-order valence-electron chi connectivity index (χ1n) is 10.1. The quantitative estimate of drug-likeness (QED) is 0.381. The van der Waals surface area contributed by atoms with Gasteiger partial charge >= 0.3 is 5.97 Å². The number of nitrogens with zero attached hydrogens (tertiary/aromatic N) is 3. The second-order valence-electron chi connectivity index (χ2n) is 7.15. The first-order chi connectivity index (χ1) is 15.3. The summed E-state index contributed by atoms with van der Waals surface area (Å²) in [6.07, 6.45) is 4.04. The summed E-state index contributed by atoms with van der Waals surface area (Å²) >= 11 is 12.1. The van der Waals surface area contributed by atoms with E-state index in [0.717, 1.165) is 19.3 Å². The molecule has 2 heterocycles. The molecule has 0 atom stereocenters. The van der Waals surface area contributed by atoms with Gasteiger partial charge in [-0.15, -0.1) is 0 Å². The number of benzene rings is 1. The van der Waals surface area contributed by atoms with Crippen molar-refractivity contribution in [3.8, 4) is 0 Å². The largest absolute Gasteiger partial charge is 0.451 e. The van der Waals surface area contributed by atoms with Crippen molar-refractivity contribution in [2.24, 2.45) is 0 Å². The van der Waals surface area contributed by atoms with Gasteiger partial charge in [-0.3, -0.25) is 9.59 Å². The average molecular weight is 477 g/mol. The van der Waals surface area contributed by atoms with E-state index in [1.807, 2.05) is 0 Å². The maximum absolute atomic E-state index is 12.7. The topological polar surface area (TPSA) is 103 Å². The fourth-order valence-electron chi connectivity index (χ4n) is 3.06. The monoisotopic (exact) mass is 476 g/mol. The normalized spacial score (nSPS) is 10.9. The molecule has 1 amide bonds. The number of hydrogen-bond acceptors (Lipinski definition) is 6. The van der Waals surface area contributed by atoms with Gasteiger partial charge in [0.2, 0.25) is 0 Å². The molecule has 0 unspecified atom stereocenters. The Bertz CT molecular complexity index is 1230. The molecule has 0 bridgehead atoms. The van der Waals surface area contributed by atoms with Gasteiger partial charge in [0.1, 0.15) is 0 Å². The zero-order valence-electron chi connectivity index (χ0n) is 17.7. The Morgan fingerprint density at radius 1 is 1.16 bits per heavy atom. The van der Waals surface area contributed by atoms with Gasteiger partial charge in [-0.05, 0) is 25.0 Å². The highest BCUT2D eigenvalue weighted by atomic mass is 35.5. The number of aryl methyl sites for hydroxylation is 1. The van der Waals surface area contributed by atoms with Crippen LogP contribution in [0.4, 0.5) is 5.82 Å². The third-order valence-corrected chi connectivity index (χ3v) is 5.67. The van der Waals surface area contributed by atoms with Gasteiger partial charge < -0.3 is 10.1 Å². The number of hydrogen-bond donors (Lipinski definition) is 1. The van der Waals surface area contributed by atoms with Crippen LogP contribution in [-0.4, -0.2) is 33.2 Å². The van der Waals surface area contributed by atoms with E-state index < -0.39 is 18.5 Å². The SMILES string of the molecule is CCCCCn1nc(C(=O)OCC(=O)Nc2ncc(Cl)c(C)c2Cl)c2ccccc2c1=O. The lowest BCUT2D eigenvalue weighted by atomic mass is 10.1. The third-order valence-electron chi connectivity index (χ3n) is 4.83. The number of esters is 1. The summed E-state index contributed by atoms with van der Waals surface area (Å²) in [7, 11) is 0. The summed E-state index contributed by atoms with van der Waals surface area (Å²) in [5, 5.41) is 8.00. The summed E-state index contributed by atoms with van der Waals surface area (Å²) in [5.41, 5.74) is 0.268. The second kappa shape index (κ2) is 10.6. The predicted octanol–water partition coefficient (Wildman–Crippen LogP) is 4.39. The maximum Gasteiger partial charge on any atom is 0.359 e. The number of carbonyl (C=O) groups is 2. The van der Waals surface area contributed by atoms with Gasteiger partial charge in [-0.1, -0.05) is 61.2 Å². The van der Waals surface area contributed by atoms with E-state index in [-0.39, 0.29) is 22.1 Å². The van der Waals surface area contributed by atoms with Crippen LogP contribution in [0.2, 0.25) is 10.0 Å². The van der Waals surface area contributed by atoms with Crippen molar-refractivity contribution < 1.29 is 14.3 Å². The Hall–Kier alpha value is -2.97. The number of rotatable bonds is 8. The Morgan fingerprint density at radius 2 is 1.88 bits per heavy atom. The number of nitrogens with one attached hydrogen (secondary N) is 1. The molecule has 0 spiro atoms. The molecule has 3 aromatic rings. The van der Waals surface area contributed by atoms with Gasteiger partial charge in [0.05, 0.1) is 15.4 Å². The number of amides is 1. The molecular formula is C22H22Cl2N4O4. The average Bonchev–Trinajstić information content (AvgIpc) is 2.79. The molecule has 0 fully saturated rings. The molecule has 0 aliphatic rings. The minimum absolute atomic E-state index is 0.0250. The van der Waals surface area contributed by atoms with Crippen LogP contribution >= 0.6 is 23.2 Å². The molecule has 3 rings (SSSR count). The van der Waals surface area contributed by atoms with E-state index in [0.29, 0.717) is 27.9 Å². The van der Waals surface area contributed by atoms with Gasteiger partial charge in [-0.2, -0.15) is 5.10 Å². The van der Waals surface area contributed by atoms with E-state index in [1.54, 1.807) is 31.2 Å². The van der Waals surface area contributed by atoms with Gasteiger partial charge in [-0.25, -0.2) is 14.5 Å². The van der Waals surface area contributed by atoms with Gasteiger partial charge in [0.15, 0.2) is 18.1 Å². The zero-order chi connectivity index (χ0) is 23.3. The summed E-state index contributed by atoms with van der Waals surface area (Å²) in [6, 6.07) is 6.67. The van der Waals surface area contributed by atoms with Crippen LogP contribution in [0.5, 0.6) is 0 Å². The van der Waals surface area contributed by atoms with Gasteiger partial charge in [0, 0.05) is 18.1 Å². The van der Waals surface area contributed by atoms with Crippen LogP contribution in [0, 0.1) is 6.92 Å². The summed E-state index contributed by atoms with van der Waals surface area (Å²) < 4.78 is 6.43. The fourth-order valence-corrected chi connectivity index (χ4v) is 3.45. The highest BCUT2D eigenvalue weighted by Gasteiger charge is 2.20. The molecule has 10 heteroatoms. The molecule has 8 nitrogen and oxygen atoms in total. The summed E-state index contributed by atoms with van der Waals surface area (Å²) in [4.78, 5) is 41.7. The van der Waals surface area contributed by atoms with Crippen LogP contribution in [-0.2, 0) is 16.1 Å². The van der Waals surface area contributed by atoms with Gasteiger partial charge in [0.25, 0.3) is 11.5 Å². The van der Waals surface area contributed by atoms with Crippen molar-refractivity contribution in [1.82, 2.24) is 14.8 Å². The minimum atomic E-state index is -0.813. The van der Waals surface area contributed by atoms with Crippen LogP contribution in [0.15, 0.2) is 35.3 Å². The maximum atomic E-state index is 12.7. The van der Waals surface area contributed by atoms with Crippen molar-refractivity contribution in [3.05, 3.63) is 62.1 Å². The van der Waals surface area contributed by atoms with Crippen molar-refractivity contribution >= 4 is 51.7 Å². The third kappa shape index (κ3) is 5.26. The number of halogens is 2. The van der Waals surface area contributed by atoms with E-state index in [1.165, 1.54) is 10.9 Å². The summed E-state index contributed by atoms with van der Waals surface area (Å²) in [6.45, 7) is 3.55. The lowest BCUT2D eigenvalue weighted by molar-refractivity contribution is -0.119. The van der Waals surface area contributed by atoms with Crippen LogP contribution in [0.25, 0.3) is 10.8 Å². The molecule has 0 saturated carbocycles. The number of pyridine rings is 1. The van der Waals surface area contributed by atoms with E-state index in [9.17, 15) is 14.4 Å². The number of carbonyl (C=O) groups excluding carboxylic acids is 2. The number of anilines is 1. The molecule has 0 aliphatic carbocycles. The fraction of sp³-hybridized carbons (Fsp3) is 0.318. The standard InChI is InChI=1S/C22H22Cl2N4O4/c1-3-4-7-10-28-21(30)15-9-6-5-8-14(15)19(27-28)22(31)32-12-17(29)26-20-18(24)13(2)16(23)11-25-20/h5-6,8-9,11H,3-4,7,10,12H2,1-2H3,(H,25,26,29). The molecule has 2 aromatic heterocycles. The molecule has 0 aliphatic heterocycles. The molecule has 0 radical (unpaired) electrons. The van der Waals surface area contributed by atoms with E-state index in [2.05, 4.69) is 22.3 Å². The zero-order valence-corrected chi connectivity index (χ0v) is 19.2. The smallest absolute Gasteiger partial charge is 0.359 e. The lowest BCUT2D eigenvalue weighted by Crippen LogP contribution is -2.28. The van der Waals surface area contributed by atoms with E-state index >= 15 is 0 Å². The predicted molar refractivity (Wildman–Crippen MR) is 123 cm³/mol. The molecule has 168 valence electrons. The van der Waals surface area contributed by atoms with E-state index in [4.69, 9.17) is 27.9 Å². The van der Waals surface area contributed by atoms with Crippen LogP contribution in [0.1, 0.15) is 42.2 Å². The summed E-state index contributed by atoms with van der Waals surface area (Å²) in [5.74, 6) is -1.33. The van der Waals surface area contributed by atoms with Crippen molar-refractivity contribution in [1.29, 1.82) is 0 Å². The first kappa shape index (κ1) is 23.7. The first-order valence-corrected chi connectivity index (χ1v) is 10.9. The van der Waals surface area contributed by atoms with Crippen molar-refractivity contribution in [2.75, 3.05) is 11.9 Å². The second-order valence-corrected chi connectivity index (χ2v) is 7.93. The van der Waals surface area contributed by atoms with Crippen molar-refractivity contribution in [3.63, 3.8) is 0 Å². The number of fused-ring (bicyclic) bond motifs is 1. The molecule has 1 N–H and O–H groups in total. The molecular weight excluding hydrogens is 455 g/mol. The highest BCUT2D eigenvalue weighted by Crippen LogP contribution is 2.28. The molecule has 0 saturated heterocycles. The van der Waals surface area contributed by atoms with Crippen LogP contribution in [0.3, 0.4) is 0 Å². The molecule has 1 aromatic carbocycles. The Morgan fingerprint density at radius 3 is 2.59 bits per heavy atom. The number of unbranched alkanes of at least 4 members (excludes halogenated alkanes) is 2. The Balaban J connectivity index is 1.78. The van der Waals surface area contributed by atoms with Crippen LogP contribution < -0.4 is 10.9 Å². The minimum Gasteiger partial charge on any atom is -0.451 e. The lowest BCUT2D eigenvalue weighted by Gasteiger charge is -2.11. The number of ether oxygens (including phenoxy) is 1. The Labute approximate surface area is 194 Å².